The monoisotopic (exact) mass is 362 g/mol. The molecule has 0 unspecified atom stereocenters. The second-order valence-electron chi connectivity index (χ2n) is 7.27. The van der Waals surface area contributed by atoms with Gasteiger partial charge in [0.15, 0.2) is 5.69 Å². The number of nitrogens with one attached hydrogen (secondary N) is 1. The van der Waals surface area contributed by atoms with Gasteiger partial charge in [0.05, 0.1) is 23.6 Å². The third-order valence-corrected chi connectivity index (χ3v) is 5.13. The Balaban J connectivity index is 1.30. The summed E-state index contributed by atoms with van der Waals surface area (Å²) >= 11 is 0. The van der Waals surface area contributed by atoms with Crippen molar-refractivity contribution >= 4 is 5.91 Å². The van der Waals surface area contributed by atoms with E-state index in [-0.39, 0.29) is 5.91 Å². The van der Waals surface area contributed by atoms with E-state index < -0.39 is 0 Å². The Bertz CT molecular complexity index is 956. The number of aromatic nitrogens is 4. The summed E-state index contributed by atoms with van der Waals surface area (Å²) in [5.74, 6) is -0.0481. The van der Waals surface area contributed by atoms with Crippen molar-refractivity contribution in [2.45, 2.75) is 38.5 Å². The maximum atomic E-state index is 12.2. The number of rotatable bonds is 5. The zero-order valence-electron chi connectivity index (χ0n) is 15.1. The Kier molecular flexibility index (Phi) is 4.01. The number of hydrogen-bond acceptors (Lipinski definition) is 4. The van der Waals surface area contributed by atoms with Crippen molar-refractivity contribution in [3.05, 3.63) is 65.7 Å². The average Bonchev–Trinajstić information content (AvgIpc) is 3.21. The summed E-state index contributed by atoms with van der Waals surface area (Å²) in [7, 11) is 0. The lowest BCUT2D eigenvalue weighted by Gasteiger charge is -2.27. The van der Waals surface area contributed by atoms with Crippen LogP contribution in [0.15, 0.2) is 48.7 Å². The van der Waals surface area contributed by atoms with Gasteiger partial charge in [-0.1, -0.05) is 18.2 Å². The number of nitrogens with zero attached hydrogens (tertiary/aromatic N) is 5. The van der Waals surface area contributed by atoms with E-state index >= 15 is 0 Å². The quantitative estimate of drug-likeness (QED) is 0.754. The van der Waals surface area contributed by atoms with Gasteiger partial charge in [0.1, 0.15) is 0 Å². The molecule has 7 nitrogen and oxygen atoms in total. The zero-order valence-corrected chi connectivity index (χ0v) is 15.1. The Morgan fingerprint density at radius 2 is 2.00 bits per heavy atom. The van der Waals surface area contributed by atoms with Crippen LogP contribution in [0.4, 0.5) is 0 Å². The molecule has 1 aliphatic heterocycles. The number of carbonyl (C=O) groups excluding carboxylic acids is 1. The molecule has 2 aliphatic rings. The SMILES string of the molecule is O=C(NC1CC1)c1cc2n(n1)CCN(Cc1ccnn1-c1ccccc1)C2. The van der Waals surface area contributed by atoms with Crippen molar-refractivity contribution in [3.8, 4) is 5.69 Å². The fourth-order valence-corrected chi connectivity index (χ4v) is 3.53. The van der Waals surface area contributed by atoms with Crippen LogP contribution in [0.1, 0.15) is 34.7 Å². The molecule has 1 amide bonds. The van der Waals surface area contributed by atoms with E-state index in [1.54, 1.807) is 0 Å². The van der Waals surface area contributed by atoms with E-state index in [9.17, 15) is 4.79 Å². The van der Waals surface area contributed by atoms with Crippen molar-refractivity contribution in [3.63, 3.8) is 0 Å². The Morgan fingerprint density at radius 3 is 2.81 bits per heavy atom. The highest BCUT2D eigenvalue weighted by Crippen LogP contribution is 2.21. The minimum atomic E-state index is -0.0481. The summed E-state index contributed by atoms with van der Waals surface area (Å²) in [5.41, 5.74) is 3.85. The molecule has 0 saturated heterocycles. The molecule has 138 valence electrons. The number of para-hydroxylation sites is 1. The minimum absolute atomic E-state index is 0.0481. The third kappa shape index (κ3) is 3.38. The second kappa shape index (κ2) is 6.66. The van der Waals surface area contributed by atoms with Gasteiger partial charge in [-0.3, -0.25) is 14.4 Å². The first kappa shape index (κ1) is 16.3. The summed E-state index contributed by atoms with van der Waals surface area (Å²) in [6.07, 6.45) is 4.02. The zero-order chi connectivity index (χ0) is 18.2. The Labute approximate surface area is 157 Å². The van der Waals surface area contributed by atoms with Gasteiger partial charge in [-0.2, -0.15) is 10.2 Å². The van der Waals surface area contributed by atoms with Crippen molar-refractivity contribution in [2.75, 3.05) is 6.54 Å². The van der Waals surface area contributed by atoms with Gasteiger partial charge < -0.3 is 5.32 Å². The van der Waals surface area contributed by atoms with Gasteiger partial charge >= 0.3 is 0 Å². The number of carbonyl (C=O) groups is 1. The van der Waals surface area contributed by atoms with Crippen LogP contribution in [0.2, 0.25) is 0 Å². The summed E-state index contributed by atoms with van der Waals surface area (Å²) in [4.78, 5) is 14.6. The predicted molar refractivity (Wildman–Crippen MR) is 100 cm³/mol. The van der Waals surface area contributed by atoms with E-state index in [4.69, 9.17) is 0 Å². The smallest absolute Gasteiger partial charge is 0.272 e. The standard InChI is InChI=1S/C20H22N6O/c27-20(22-15-6-7-15)19-12-18-14-24(10-11-25(18)23-19)13-17-8-9-21-26(17)16-4-2-1-3-5-16/h1-5,8-9,12,15H,6-7,10-11,13-14H2,(H,22,27). The van der Waals surface area contributed by atoms with Gasteiger partial charge in [-0.05, 0) is 37.1 Å². The second-order valence-corrected chi connectivity index (χ2v) is 7.27. The van der Waals surface area contributed by atoms with Gasteiger partial charge in [-0.15, -0.1) is 0 Å². The Morgan fingerprint density at radius 1 is 1.15 bits per heavy atom. The van der Waals surface area contributed by atoms with Crippen LogP contribution >= 0.6 is 0 Å². The molecule has 1 aliphatic carbocycles. The van der Waals surface area contributed by atoms with Crippen LogP contribution in [-0.4, -0.2) is 43.0 Å². The fraction of sp³-hybridized carbons (Fsp3) is 0.350. The lowest BCUT2D eigenvalue weighted by atomic mass is 10.2. The molecule has 7 heteroatoms. The predicted octanol–water partition coefficient (Wildman–Crippen LogP) is 1.98. The van der Waals surface area contributed by atoms with Gasteiger partial charge in [-0.25, -0.2) is 4.68 Å². The maximum absolute atomic E-state index is 12.2. The van der Waals surface area contributed by atoms with Crippen molar-refractivity contribution in [1.29, 1.82) is 0 Å². The lowest BCUT2D eigenvalue weighted by molar-refractivity contribution is 0.0945. The highest BCUT2D eigenvalue weighted by atomic mass is 16.2. The summed E-state index contributed by atoms with van der Waals surface area (Å²) in [6.45, 7) is 3.29. The molecular weight excluding hydrogens is 340 g/mol. The number of amides is 1. The molecule has 2 aromatic heterocycles. The van der Waals surface area contributed by atoms with Crippen molar-refractivity contribution in [1.82, 2.24) is 29.8 Å². The molecule has 1 aromatic carbocycles. The first-order valence-corrected chi connectivity index (χ1v) is 9.44. The molecule has 3 heterocycles. The van der Waals surface area contributed by atoms with E-state index in [0.29, 0.717) is 11.7 Å². The lowest BCUT2D eigenvalue weighted by Crippen LogP contribution is -2.34. The molecule has 27 heavy (non-hydrogen) atoms. The summed E-state index contributed by atoms with van der Waals surface area (Å²) < 4.78 is 3.95. The molecule has 0 spiro atoms. The minimum Gasteiger partial charge on any atom is -0.348 e. The molecule has 1 N–H and O–H groups in total. The number of benzene rings is 1. The Hall–Kier alpha value is -2.93. The van der Waals surface area contributed by atoms with E-state index in [1.807, 2.05) is 39.8 Å². The van der Waals surface area contributed by atoms with Crippen LogP contribution in [0.3, 0.4) is 0 Å². The highest BCUT2D eigenvalue weighted by molar-refractivity contribution is 5.92. The van der Waals surface area contributed by atoms with Crippen LogP contribution in [0, 0.1) is 0 Å². The molecular formula is C20H22N6O. The molecule has 5 rings (SSSR count). The molecule has 0 atom stereocenters. The number of fused-ring (bicyclic) bond motifs is 1. The largest absolute Gasteiger partial charge is 0.348 e. The molecule has 1 fully saturated rings. The van der Waals surface area contributed by atoms with E-state index in [1.165, 1.54) is 0 Å². The van der Waals surface area contributed by atoms with Gasteiger partial charge in [0.25, 0.3) is 5.91 Å². The van der Waals surface area contributed by atoms with E-state index in [0.717, 1.165) is 56.1 Å². The molecule has 3 aromatic rings. The molecule has 0 bridgehead atoms. The van der Waals surface area contributed by atoms with Crippen LogP contribution in [-0.2, 0) is 19.6 Å². The highest BCUT2D eigenvalue weighted by Gasteiger charge is 2.26. The van der Waals surface area contributed by atoms with Crippen molar-refractivity contribution < 1.29 is 4.79 Å². The third-order valence-electron chi connectivity index (χ3n) is 5.13. The maximum Gasteiger partial charge on any atom is 0.272 e. The average molecular weight is 362 g/mol. The normalized spacial score (nSPS) is 16.9. The summed E-state index contributed by atoms with van der Waals surface area (Å²) in [5, 5.41) is 12.0. The van der Waals surface area contributed by atoms with Gasteiger partial charge in [0.2, 0.25) is 0 Å². The molecule has 0 radical (unpaired) electrons. The fourth-order valence-electron chi connectivity index (χ4n) is 3.53. The first-order chi connectivity index (χ1) is 13.3. The molecule has 1 saturated carbocycles. The van der Waals surface area contributed by atoms with Crippen LogP contribution in [0.25, 0.3) is 5.69 Å². The van der Waals surface area contributed by atoms with Gasteiger partial charge in [0, 0.05) is 31.9 Å². The van der Waals surface area contributed by atoms with Crippen molar-refractivity contribution in [2.24, 2.45) is 0 Å². The topological polar surface area (TPSA) is 68.0 Å². The summed E-state index contributed by atoms with van der Waals surface area (Å²) in [6, 6.07) is 14.5. The number of hydrogen-bond donors (Lipinski definition) is 1. The van der Waals surface area contributed by atoms with Crippen LogP contribution < -0.4 is 5.32 Å². The first-order valence-electron chi connectivity index (χ1n) is 9.44. The van der Waals surface area contributed by atoms with Crippen LogP contribution in [0.5, 0.6) is 0 Å². The van der Waals surface area contributed by atoms with E-state index in [2.05, 4.69) is 38.6 Å².